The van der Waals surface area contributed by atoms with Gasteiger partial charge in [-0.15, -0.1) is 0 Å². The lowest BCUT2D eigenvalue weighted by atomic mass is 10.1. The van der Waals surface area contributed by atoms with Crippen molar-refractivity contribution in [2.24, 2.45) is 0 Å². The fraction of sp³-hybridized carbons (Fsp3) is 0.267. The zero-order valence-electron chi connectivity index (χ0n) is 11.7. The molecule has 24 heavy (non-hydrogen) atoms. The van der Waals surface area contributed by atoms with E-state index in [9.17, 15) is 31.4 Å². The molecule has 126 valence electrons. The van der Waals surface area contributed by atoms with E-state index in [1.54, 1.807) is 0 Å². The Kier molecular flexibility index (Phi) is 3.60. The molecule has 2 aromatic rings. The van der Waals surface area contributed by atoms with E-state index < -0.39 is 58.5 Å². The molecule has 0 amide bonds. The van der Waals surface area contributed by atoms with E-state index in [-0.39, 0.29) is 0 Å². The molecule has 0 radical (unpaired) electrons. The van der Waals surface area contributed by atoms with Crippen LogP contribution in [0.2, 0.25) is 0 Å². The average molecular weight is 346 g/mol. The molecule has 1 N–H and O–H groups in total. The third-order valence-electron chi connectivity index (χ3n) is 3.89. The molecule has 0 aliphatic heterocycles. The van der Waals surface area contributed by atoms with E-state index in [4.69, 9.17) is 5.26 Å². The summed E-state index contributed by atoms with van der Waals surface area (Å²) in [5.41, 5.74) is -4.21. The number of aliphatic hydroxyl groups excluding tert-OH is 1. The molecular weight excluding hydrogens is 338 g/mol. The molecule has 1 aliphatic carbocycles. The molecular formula is C15H8F6N2O. The van der Waals surface area contributed by atoms with Crippen molar-refractivity contribution >= 4 is 0 Å². The topological polar surface area (TPSA) is 49.0 Å². The third kappa shape index (κ3) is 2.17. The van der Waals surface area contributed by atoms with E-state index in [1.807, 2.05) is 0 Å². The number of nitriles is 1. The lowest BCUT2D eigenvalue weighted by Gasteiger charge is -2.13. The first-order valence-electron chi connectivity index (χ1n) is 6.66. The monoisotopic (exact) mass is 346 g/mol. The first-order chi connectivity index (χ1) is 11.2. The van der Waals surface area contributed by atoms with Crippen LogP contribution in [0.25, 0.3) is 5.69 Å². The van der Waals surface area contributed by atoms with Crippen molar-refractivity contribution in [2.75, 3.05) is 0 Å². The maximum Gasteiger partial charge on any atom is 0.418 e. The second-order valence-electron chi connectivity index (χ2n) is 5.25. The van der Waals surface area contributed by atoms with Crippen molar-refractivity contribution in [3.8, 4) is 11.8 Å². The number of halogens is 6. The summed E-state index contributed by atoms with van der Waals surface area (Å²) in [5.74, 6) is -1.17. The standard InChI is InChI=1S/C15H8F6N2O/c16-10-6(4-22)2-1-3-8(10)23-5-7(15(19,20)21)9-13(23)11(17)12(18)14(9)24/h1-3,5,11-12,14,24H/t11-,12-,14+/m1/s1. The van der Waals surface area contributed by atoms with E-state index >= 15 is 0 Å². The van der Waals surface area contributed by atoms with Crippen molar-refractivity contribution in [2.45, 2.75) is 24.6 Å². The van der Waals surface area contributed by atoms with Crippen LogP contribution in [0.1, 0.15) is 34.7 Å². The predicted molar refractivity (Wildman–Crippen MR) is 69.1 cm³/mol. The highest BCUT2D eigenvalue weighted by atomic mass is 19.4. The molecule has 0 spiro atoms. The number of hydrogen-bond donors (Lipinski definition) is 1. The van der Waals surface area contributed by atoms with Gasteiger partial charge in [0.2, 0.25) is 0 Å². The quantitative estimate of drug-likeness (QED) is 0.796. The zero-order valence-corrected chi connectivity index (χ0v) is 11.7. The number of aliphatic hydroxyl groups is 1. The van der Waals surface area contributed by atoms with Gasteiger partial charge >= 0.3 is 6.18 Å². The van der Waals surface area contributed by atoms with Crippen LogP contribution < -0.4 is 0 Å². The number of benzene rings is 1. The van der Waals surface area contributed by atoms with Gasteiger partial charge in [-0.25, -0.2) is 13.2 Å². The normalized spacial score (nSPS) is 23.2. The summed E-state index contributed by atoms with van der Waals surface area (Å²) >= 11 is 0. The highest BCUT2D eigenvalue weighted by Crippen LogP contribution is 2.50. The summed E-state index contributed by atoms with van der Waals surface area (Å²) in [5, 5.41) is 18.4. The predicted octanol–water partition coefficient (Wildman–Crippen LogP) is 3.90. The Morgan fingerprint density at radius 1 is 1.21 bits per heavy atom. The molecule has 0 saturated heterocycles. The zero-order chi connectivity index (χ0) is 17.8. The molecule has 0 bridgehead atoms. The fourth-order valence-electron chi connectivity index (χ4n) is 2.82. The molecule has 0 fully saturated rings. The summed E-state index contributed by atoms with van der Waals surface area (Å²) in [6, 6.07) is 4.83. The molecule has 1 aromatic carbocycles. The van der Waals surface area contributed by atoms with Gasteiger partial charge in [0.15, 0.2) is 18.2 Å². The van der Waals surface area contributed by atoms with Gasteiger partial charge in [0.05, 0.1) is 22.5 Å². The maximum absolute atomic E-state index is 14.3. The van der Waals surface area contributed by atoms with Crippen LogP contribution in [0.5, 0.6) is 0 Å². The van der Waals surface area contributed by atoms with Crippen molar-refractivity contribution in [3.63, 3.8) is 0 Å². The first kappa shape index (κ1) is 16.4. The van der Waals surface area contributed by atoms with Gasteiger partial charge in [-0.3, -0.25) is 0 Å². The number of hydrogen-bond acceptors (Lipinski definition) is 2. The molecule has 3 rings (SSSR count). The second kappa shape index (κ2) is 5.27. The van der Waals surface area contributed by atoms with Crippen LogP contribution in [-0.4, -0.2) is 15.8 Å². The van der Waals surface area contributed by atoms with Crippen LogP contribution in [0.15, 0.2) is 24.4 Å². The molecule has 1 heterocycles. The molecule has 1 aliphatic rings. The number of aromatic nitrogens is 1. The Labute approximate surface area is 131 Å². The smallest absolute Gasteiger partial charge is 0.385 e. The highest BCUT2D eigenvalue weighted by Gasteiger charge is 2.50. The van der Waals surface area contributed by atoms with Gasteiger partial charge < -0.3 is 9.67 Å². The molecule has 3 nitrogen and oxygen atoms in total. The van der Waals surface area contributed by atoms with E-state index in [1.165, 1.54) is 12.1 Å². The van der Waals surface area contributed by atoms with E-state index in [2.05, 4.69) is 0 Å². The Morgan fingerprint density at radius 2 is 1.88 bits per heavy atom. The number of nitrogens with zero attached hydrogens (tertiary/aromatic N) is 2. The summed E-state index contributed by atoms with van der Waals surface area (Å²) in [6.07, 6.45) is -12.1. The minimum Gasteiger partial charge on any atom is -0.385 e. The lowest BCUT2D eigenvalue weighted by molar-refractivity contribution is -0.139. The van der Waals surface area contributed by atoms with Crippen LogP contribution in [0.3, 0.4) is 0 Å². The summed E-state index contributed by atoms with van der Waals surface area (Å²) < 4.78 is 81.9. The number of alkyl halides is 5. The molecule has 1 aromatic heterocycles. The minimum atomic E-state index is -5.00. The van der Waals surface area contributed by atoms with Crippen molar-refractivity contribution in [1.82, 2.24) is 4.57 Å². The van der Waals surface area contributed by atoms with Crippen LogP contribution in [0, 0.1) is 17.1 Å². The van der Waals surface area contributed by atoms with Gasteiger partial charge in [-0.2, -0.15) is 18.4 Å². The summed E-state index contributed by atoms with van der Waals surface area (Å²) in [6.45, 7) is 0. The Balaban J connectivity index is 2.33. The van der Waals surface area contributed by atoms with E-state index in [0.29, 0.717) is 10.8 Å². The maximum atomic E-state index is 14.3. The van der Waals surface area contributed by atoms with Gasteiger partial charge in [-0.05, 0) is 12.1 Å². The van der Waals surface area contributed by atoms with Crippen molar-refractivity contribution in [1.29, 1.82) is 5.26 Å². The number of rotatable bonds is 1. The lowest BCUT2D eigenvalue weighted by Crippen LogP contribution is -2.15. The summed E-state index contributed by atoms with van der Waals surface area (Å²) in [7, 11) is 0. The van der Waals surface area contributed by atoms with Crippen LogP contribution in [0.4, 0.5) is 26.3 Å². The van der Waals surface area contributed by atoms with Crippen LogP contribution in [-0.2, 0) is 6.18 Å². The Bertz CT molecular complexity index is 851. The second-order valence-corrected chi connectivity index (χ2v) is 5.25. The van der Waals surface area contributed by atoms with Gasteiger partial charge in [-0.1, -0.05) is 6.07 Å². The third-order valence-corrected chi connectivity index (χ3v) is 3.89. The molecule has 3 atom stereocenters. The van der Waals surface area contributed by atoms with Crippen LogP contribution >= 0.6 is 0 Å². The SMILES string of the molecule is N#Cc1cccc(-n2cc(C(F)(F)F)c3c2[C@H](F)[C@@H](F)[C@H]3O)c1F. The average Bonchev–Trinajstić information content (AvgIpc) is 3.01. The first-order valence-corrected chi connectivity index (χ1v) is 6.66. The molecule has 0 saturated carbocycles. The Hall–Kier alpha value is -2.47. The Morgan fingerprint density at radius 3 is 2.46 bits per heavy atom. The molecule has 9 heteroatoms. The van der Waals surface area contributed by atoms with Gasteiger partial charge in [0.1, 0.15) is 12.2 Å². The summed E-state index contributed by atoms with van der Waals surface area (Å²) in [4.78, 5) is 0. The highest BCUT2D eigenvalue weighted by molar-refractivity contribution is 5.51. The van der Waals surface area contributed by atoms with Gasteiger partial charge in [0, 0.05) is 11.8 Å². The van der Waals surface area contributed by atoms with Crippen molar-refractivity contribution < 1.29 is 31.4 Å². The molecule has 0 unspecified atom stereocenters. The van der Waals surface area contributed by atoms with Crippen molar-refractivity contribution in [3.05, 3.63) is 52.6 Å². The van der Waals surface area contributed by atoms with Gasteiger partial charge in [0.25, 0.3) is 0 Å². The largest absolute Gasteiger partial charge is 0.418 e. The van der Waals surface area contributed by atoms with E-state index in [0.717, 1.165) is 12.1 Å². The fourth-order valence-corrected chi connectivity index (χ4v) is 2.82. The number of fused-ring (bicyclic) bond motifs is 1. The minimum absolute atomic E-state index is 0.395.